The molecule has 14 heavy (non-hydrogen) atoms. The molecule has 2 N–H and O–H groups in total. The van der Waals surface area contributed by atoms with Gasteiger partial charge in [0.05, 0.1) is 22.8 Å². The molecule has 0 spiro atoms. The highest BCUT2D eigenvalue weighted by Gasteiger charge is 1.98. The van der Waals surface area contributed by atoms with E-state index in [-0.39, 0.29) is 0 Å². The summed E-state index contributed by atoms with van der Waals surface area (Å²) in [5.41, 5.74) is 1.77. The Morgan fingerprint density at radius 1 is 0.643 bits per heavy atom. The predicted octanol–water partition coefficient (Wildman–Crippen LogP) is 1.52. The molecule has 6 heteroatoms. The van der Waals surface area contributed by atoms with Gasteiger partial charge in [-0.15, -0.1) is 0 Å². The van der Waals surface area contributed by atoms with Gasteiger partial charge in [-0.1, -0.05) is 10.3 Å². The highest BCUT2D eigenvalue weighted by atomic mass is 16.4. The van der Waals surface area contributed by atoms with Gasteiger partial charge in [0.1, 0.15) is 0 Å². The van der Waals surface area contributed by atoms with Crippen LogP contribution in [0.3, 0.4) is 0 Å². The highest BCUT2D eigenvalue weighted by molar-refractivity contribution is 6.42. The second-order valence-corrected chi connectivity index (χ2v) is 2.74. The van der Waals surface area contributed by atoms with Crippen LogP contribution in [0.2, 0.25) is 0 Å². The summed E-state index contributed by atoms with van der Waals surface area (Å²) in [6.45, 7) is 6.54. The lowest BCUT2D eigenvalue weighted by Gasteiger charge is -1.95. The van der Waals surface area contributed by atoms with Crippen LogP contribution in [0.5, 0.6) is 0 Å². The van der Waals surface area contributed by atoms with Gasteiger partial charge in [0, 0.05) is 0 Å². The van der Waals surface area contributed by atoms with Crippen molar-refractivity contribution in [1.82, 2.24) is 0 Å². The van der Waals surface area contributed by atoms with Gasteiger partial charge < -0.3 is 10.4 Å². The minimum absolute atomic E-state index is 0.389. The number of rotatable bonds is 3. The fraction of sp³-hybridized carbons (Fsp3) is 0.500. The van der Waals surface area contributed by atoms with E-state index in [1.165, 1.54) is 0 Å². The van der Waals surface area contributed by atoms with E-state index < -0.39 is 0 Å². The molecule has 0 bridgehead atoms. The third-order valence-corrected chi connectivity index (χ3v) is 1.70. The number of nitrogens with zero attached hydrogens (tertiary/aromatic N) is 4. The molecule has 0 aromatic carbocycles. The zero-order chi connectivity index (χ0) is 11.1. The Bertz CT molecular complexity index is 283. The second-order valence-electron chi connectivity index (χ2n) is 2.74. The van der Waals surface area contributed by atoms with Crippen LogP contribution in [0.25, 0.3) is 0 Å². The lowest BCUT2D eigenvalue weighted by atomic mass is 10.3. The van der Waals surface area contributed by atoms with E-state index in [0.29, 0.717) is 22.8 Å². The summed E-state index contributed by atoms with van der Waals surface area (Å²) in [5.74, 6) is 0. The van der Waals surface area contributed by atoms with E-state index in [9.17, 15) is 0 Å². The van der Waals surface area contributed by atoms with Crippen molar-refractivity contribution < 1.29 is 10.4 Å². The van der Waals surface area contributed by atoms with E-state index in [1.807, 2.05) is 0 Å². The molecular weight excluding hydrogens is 184 g/mol. The van der Waals surface area contributed by atoms with Gasteiger partial charge in [-0.3, -0.25) is 0 Å². The third-order valence-electron chi connectivity index (χ3n) is 1.70. The van der Waals surface area contributed by atoms with E-state index in [1.54, 1.807) is 27.7 Å². The monoisotopic (exact) mass is 198 g/mol. The first kappa shape index (κ1) is 12.3. The maximum Gasteiger partial charge on any atom is 0.0994 e. The smallest absolute Gasteiger partial charge is 0.0994 e. The maximum atomic E-state index is 8.42. The van der Waals surface area contributed by atoms with Crippen LogP contribution in [0, 0.1) is 0 Å². The van der Waals surface area contributed by atoms with Crippen molar-refractivity contribution in [2.75, 3.05) is 0 Å². The van der Waals surface area contributed by atoms with Crippen molar-refractivity contribution >= 4 is 22.8 Å². The molecule has 0 aromatic heterocycles. The first-order chi connectivity index (χ1) is 6.52. The number of hydrogen-bond acceptors (Lipinski definition) is 6. The minimum atomic E-state index is 0.389. The molecule has 0 rings (SSSR count). The second kappa shape index (κ2) is 5.85. The summed E-state index contributed by atoms with van der Waals surface area (Å²) in [7, 11) is 0. The summed E-state index contributed by atoms with van der Waals surface area (Å²) in [4.78, 5) is 0. The quantitative estimate of drug-likeness (QED) is 0.409. The van der Waals surface area contributed by atoms with Gasteiger partial charge in [-0.25, -0.2) is 0 Å². The molecule has 6 nitrogen and oxygen atoms in total. The molecular formula is C8H14N4O2. The van der Waals surface area contributed by atoms with Crippen molar-refractivity contribution in [3.05, 3.63) is 0 Å². The van der Waals surface area contributed by atoms with Gasteiger partial charge in [0.2, 0.25) is 0 Å². The Morgan fingerprint density at radius 2 is 0.929 bits per heavy atom. The molecule has 0 radical (unpaired) electrons. The van der Waals surface area contributed by atoms with Crippen molar-refractivity contribution in [1.29, 1.82) is 0 Å². The van der Waals surface area contributed by atoms with E-state index in [0.717, 1.165) is 0 Å². The topological polar surface area (TPSA) is 89.9 Å². The summed E-state index contributed by atoms with van der Waals surface area (Å²) in [5, 5.41) is 30.3. The molecule has 0 saturated carbocycles. The molecule has 0 heterocycles. The average Bonchev–Trinajstić information content (AvgIpc) is 2.22. The van der Waals surface area contributed by atoms with Gasteiger partial charge >= 0.3 is 0 Å². The molecule has 78 valence electrons. The van der Waals surface area contributed by atoms with Crippen molar-refractivity contribution in [3.8, 4) is 0 Å². The zero-order valence-electron chi connectivity index (χ0n) is 8.68. The lowest BCUT2D eigenvalue weighted by molar-refractivity contribution is 0.319. The van der Waals surface area contributed by atoms with E-state index in [2.05, 4.69) is 20.5 Å². The van der Waals surface area contributed by atoms with Crippen LogP contribution >= 0.6 is 0 Å². The first-order valence-corrected chi connectivity index (χ1v) is 3.99. The Labute approximate surface area is 82.3 Å². The third kappa shape index (κ3) is 3.79. The van der Waals surface area contributed by atoms with Crippen LogP contribution in [-0.4, -0.2) is 33.3 Å². The summed E-state index contributed by atoms with van der Waals surface area (Å²) in [6, 6.07) is 0. The summed E-state index contributed by atoms with van der Waals surface area (Å²) >= 11 is 0. The van der Waals surface area contributed by atoms with Crippen LogP contribution in [0.4, 0.5) is 0 Å². The van der Waals surface area contributed by atoms with Crippen molar-refractivity contribution in [3.63, 3.8) is 0 Å². The Hall–Kier alpha value is -1.72. The molecule has 0 aliphatic carbocycles. The Kier molecular flexibility index (Phi) is 5.13. The SMILES string of the molecule is CC(=NO)C(C)=NN=C(C)C(C)=NO. The van der Waals surface area contributed by atoms with Gasteiger partial charge in [-0.05, 0) is 27.7 Å². The number of oxime groups is 2. The number of hydrogen-bond donors (Lipinski definition) is 2. The molecule has 0 saturated heterocycles. The molecule has 0 unspecified atom stereocenters. The van der Waals surface area contributed by atoms with Crippen LogP contribution < -0.4 is 0 Å². The van der Waals surface area contributed by atoms with Gasteiger partial charge in [-0.2, -0.15) is 10.2 Å². The summed E-state index contributed by atoms with van der Waals surface area (Å²) < 4.78 is 0. The van der Waals surface area contributed by atoms with Crippen LogP contribution in [-0.2, 0) is 0 Å². The standard InChI is InChI=1S/C8H14N4O2/c1-5(7(3)11-13)9-10-6(2)8(4)12-14/h13-14H,1-4H3. The van der Waals surface area contributed by atoms with Crippen LogP contribution in [0.15, 0.2) is 20.5 Å². The van der Waals surface area contributed by atoms with Crippen molar-refractivity contribution in [2.45, 2.75) is 27.7 Å². The Morgan fingerprint density at radius 3 is 1.14 bits per heavy atom. The van der Waals surface area contributed by atoms with Gasteiger partial charge in [0.25, 0.3) is 0 Å². The van der Waals surface area contributed by atoms with E-state index >= 15 is 0 Å². The fourth-order valence-corrected chi connectivity index (χ4v) is 0.439. The fourth-order valence-electron chi connectivity index (χ4n) is 0.439. The average molecular weight is 198 g/mol. The van der Waals surface area contributed by atoms with E-state index in [4.69, 9.17) is 10.4 Å². The molecule has 0 aliphatic rings. The van der Waals surface area contributed by atoms with Gasteiger partial charge in [0.15, 0.2) is 0 Å². The molecule has 0 fully saturated rings. The molecule has 0 atom stereocenters. The normalized spacial score (nSPS) is 16.0. The lowest BCUT2D eigenvalue weighted by Crippen LogP contribution is -2.07. The zero-order valence-corrected chi connectivity index (χ0v) is 8.68. The Balaban J connectivity index is 4.71. The largest absolute Gasteiger partial charge is 0.411 e. The maximum absolute atomic E-state index is 8.42. The summed E-state index contributed by atoms with van der Waals surface area (Å²) in [6.07, 6.45) is 0. The molecule has 0 amide bonds. The minimum Gasteiger partial charge on any atom is -0.411 e. The molecule has 0 aromatic rings. The predicted molar refractivity (Wildman–Crippen MR) is 56.0 cm³/mol. The molecule has 0 aliphatic heterocycles. The van der Waals surface area contributed by atoms with Crippen LogP contribution in [0.1, 0.15) is 27.7 Å². The first-order valence-electron chi connectivity index (χ1n) is 3.99. The van der Waals surface area contributed by atoms with Crippen molar-refractivity contribution in [2.24, 2.45) is 20.5 Å². The highest BCUT2D eigenvalue weighted by Crippen LogP contribution is 1.88.